The Kier molecular flexibility index (Phi) is 4.27. The smallest absolute Gasteiger partial charge is 0.312 e. The maximum absolute atomic E-state index is 11.3. The van der Waals surface area contributed by atoms with Crippen molar-refractivity contribution in [2.45, 2.75) is 6.10 Å². The molecule has 4 nitrogen and oxygen atoms in total. The van der Waals surface area contributed by atoms with Crippen molar-refractivity contribution < 1.29 is 14.6 Å². The largest absolute Gasteiger partial charge is 0.469 e. The predicted molar refractivity (Wildman–Crippen MR) is 56.0 cm³/mol. The molecule has 0 aromatic heterocycles. The average molecular weight is 209 g/mol. The zero-order chi connectivity index (χ0) is 11.3. The number of benzene rings is 1. The second kappa shape index (κ2) is 5.48. The summed E-state index contributed by atoms with van der Waals surface area (Å²) < 4.78 is 4.57. The Hall–Kier alpha value is -1.39. The van der Waals surface area contributed by atoms with Crippen LogP contribution in [0.3, 0.4) is 0 Å². The van der Waals surface area contributed by atoms with Crippen molar-refractivity contribution in [3.05, 3.63) is 35.9 Å². The van der Waals surface area contributed by atoms with Gasteiger partial charge in [-0.3, -0.25) is 4.79 Å². The molecule has 82 valence electrons. The molecule has 0 radical (unpaired) electrons. The third-order valence-electron chi connectivity index (χ3n) is 2.28. The van der Waals surface area contributed by atoms with E-state index >= 15 is 0 Å². The fraction of sp³-hybridized carbons (Fsp3) is 0.364. The lowest BCUT2D eigenvalue weighted by molar-refractivity contribution is -0.149. The van der Waals surface area contributed by atoms with Gasteiger partial charge >= 0.3 is 5.97 Å². The molecule has 1 aromatic rings. The highest BCUT2D eigenvalue weighted by molar-refractivity contribution is 5.73. The fourth-order valence-corrected chi connectivity index (χ4v) is 1.39. The average Bonchev–Trinajstić information content (AvgIpc) is 2.30. The highest BCUT2D eigenvalue weighted by atomic mass is 16.5. The van der Waals surface area contributed by atoms with Gasteiger partial charge in [0, 0.05) is 6.54 Å². The molecule has 1 aromatic carbocycles. The number of esters is 1. The van der Waals surface area contributed by atoms with Gasteiger partial charge in [-0.1, -0.05) is 30.3 Å². The molecule has 15 heavy (non-hydrogen) atoms. The maximum atomic E-state index is 11.3. The van der Waals surface area contributed by atoms with E-state index in [1.54, 1.807) is 24.3 Å². The number of ether oxygens (including phenoxy) is 1. The van der Waals surface area contributed by atoms with Crippen molar-refractivity contribution in [2.24, 2.45) is 11.7 Å². The minimum atomic E-state index is -0.913. The van der Waals surface area contributed by atoms with Gasteiger partial charge < -0.3 is 15.6 Å². The van der Waals surface area contributed by atoms with Gasteiger partial charge in [-0.25, -0.2) is 0 Å². The molecular formula is C11H15NO3. The maximum Gasteiger partial charge on any atom is 0.312 e. The molecule has 0 fully saturated rings. The molecule has 0 heterocycles. The summed E-state index contributed by atoms with van der Waals surface area (Å²) in [6.07, 6.45) is -0.913. The van der Waals surface area contributed by atoms with Gasteiger partial charge in [0.05, 0.1) is 19.1 Å². The highest BCUT2D eigenvalue weighted by Gasteiger charge is 2.27. The Bertz CT molecular complexity index is 313. The van der Waals surface area contributed by atoms with Gasteiger partial charge in [0.25, 0.3) is 0 Å². The lowest BCUT2D eigenvalue weighted by Gasteiger charge is -2.19. The summed E-state index contributed by atoms with van der Waals surface area (Å²) in [7, 11) is 1.28. The van der Waals surface area contributed by atoms with Crippen LogP contribution in [0.2, 0.25) is 0 Å². The number of aliphatic hydroxyl groups excluding tert-OH is 1. The Morgan fingerprint density at radius 1 is 1.47 bits per heavy atom. The van der Waals surface area contributed by atoms with Gasteiger partial charge in [-0.05, 0) is 5.56 Å². The van der Waals surface area contributed by atoms with E-state index in [1.807, 2.05) is 6.07 Å². The molecule has 0 amide bonds. The van der Waals surface area contributed by atoms with Crippen LogP contribution >= 0.6 is 0 Å². The van der Waals surface area contributed by atoms with Crippen LogP contribution in [0.4, 0.5) is 0 Å². The number of hydrogen-bond donors (Lipinski definition) is 2. The van der Waals surface area contributed by atoms with Crippen LogP contribution in [0.15, 0.2) is 30.3 Å². The number of aliphatic hydroxyl groups is 1. The van der Waals surface area contributed by atoms with Crippen LogP contribution in [0, 0.1) is 5.92 Å². The SMILES string of the molecule is COC(=O)[C@H](CN)[C@H](O)c1ccccc1. The Morgan fingerprint density at radius 3 is 2.53 bits per heavy atom. The summed E-state index contributed by atoms with van der Waals surface area (Å²) >= 11 is 0. The van der Waals surface area contributed by atoms with E-state index in [9.17, 15) is 9.90 Å². The minimum Gasteiger partial charge on any atom is -0.469 e. The quantitative estimate of drug-likeness (QED) is 0.707. The van der Waals surface area contributed by atoms with Gasteiger partial charge in [0.1, 0.15) is 0 Å². The van der Waals surface area contributed by atoms with Crippen molar-refractivity contribution in [3.8, 4) is 0 Å². The molecule has 0 aliphatic carbocycles. The normalized spacial score (nSPS) is 14.3. The van der Waals surface area contributed by atoms with Crippen LogP contribution in [-0.4, -0.2) is 24.7 Å². The standard InChI is InChI=1S/C11H15NO3/c1-15-11(14)9(7-12)10(13)8-5-3-2-4-6-8/h2-6,9-10,13H,7,12H2,1H3/t9-,10-/m1/s1. The first-order chi connectivity index (χ1) is 7.20. The van der Waals surface area contributed by atoms with Crippen LogP contribution < -0.4 is 5.73 Å². The lowest BCUT2D eigenvalue weighted by atomic mass is 9.96. The first-order valence-corrected chi connectivity index (χ1v) is 4.71. The molecule has 0 aliphatic rings. The van der Waals surface area contributed by atoms with Gasteiger partial charge in [-0.2, -0.15) is 0 Å². The first kappa shape index (κ1) is 11.7. The molecule has 0 spiro atoms. The van der Waals surface area contributed by atoms with Gasteiger partial charge in [-0.15, -0.1) is 0 Å². The van der Waals surface area contributed by atoms with E-state index in [0.717, 1.165) is 0 Å². The van der Waals surface area contributed by atoms with Crippen LogP contribution in [0.5, 0.6) is 0 Å². The molecule has 0 aliphatic heterocycles. The number of rotatable bonds is 4. The predicted octanol–water partition coefficient (Wildman–Crippen LogP) is 0.468. The van der Waals surface area contributed by atoms with Crippen molar-refractivity contribution in [1.29, 1.82) is 0 Å². The van der Waals surface area contributed by atoms with Gasteiger partial charge in [0.15, 0.2) is 0 Å². The zero-order valence-electron chi connectivity index (χ0n) is 8.59. The first-order valence-electron chi connectivity index (χ1n) is 4.71. The summed E-state index contributed by atoms with van der Waals surface area (Å²) in [5.41, 5.74) is 6.09. The summed E-state index contributed by atoms with van der Waals surface area (Å²) in [5.74, 6) is -1.20. The molecule has 3 N–H and O–H groups in total. The molecule has 0 saturated heterocycles. The number of carbonyl (C=O) groups is 1. The van der Waals surface area contributed by atoms with Crippen LogP contribution in [-0.2, 0) is 9.53 Å². The molecule has 4 heteroatoms. The van der Waals surface area contributed by atoms with Crippen LogP contribution in [0.25, 0.3) is 0 Å². The van der Waals surface area contributed by atoms with Crippen LogP contribution in [0.1, 0.15) is 11.7 Å². The third kappa shape index (κ3) is 2.78. The molecule has 1 rings (SSSR count). The van der Waals surface area contributed by atoms with E-state index < -0.39 is 18.0 Å². The van der Waals surface area contributed by atoms with E-state index in [0.29, 0.717) is 5.56 Å². The molecule has 2 atom stereocenters. The third-order valence-corrected chi connectivity index (χ3v) is 2.28. The molecular weight excluding hydrogens is 194 g/mol. The number of nitrogens with two attached hydrogens (primary N) is 1. The molecule has 0 saturated carbocycles. The summed E-state index contributed by atoms with van der Waals surface area (Å²) in [4.78, 5) is 11.3. The monoisotopic (exact) mass is 209 g/mol. The summed E-state index contributed by atoms with van der Waals surface area (Å²) in [6.45, 7) is 0.0583. The zero-order valence-corrected chi connectivity index (χ0v) is 8.59. The highest BCUT2D eigenvalue weighted by Crippen LogP contribution is 2.21. The Balaban J connectivity index is 2.82. The second-order valence-corrected chi connectivity index (χ2v) is 3.22. The molecule has 0 unspecified atom stereocenters. The number of carbonyl (C=O) groups excluding carboxylic acids is 1. The van der Waals surface area contributed by atoms with Gasteiger partial charge in [0.2, 0.25) is 0 Å². The second-order valence-electron chi connectivity index (χ2n) is 3.22. The molecule has 0 bridgehead atoms. The minimum absolute atomic E-state index is 0.0583. The van der Waals surface area contributed by atoms with E-state index in [-0.39, 0.29) is 6.54 Å². The Morgan fingerprint density at radius 2 is 2.07 bits per heavy atom. The number of hydrogen-bond acceptors (Lipinski definition) is 4. The summed E-state index contributed by atoms with van der Waals surface area (Å²) in [5, 5.41) is 9.90. The number of methoxy groups -OCH3 is 1. The topological polar surface area (TPSA) is 72.5 Å². The van der Waals surface area contributed by atoms with Crippen molar-refractivity contribution >= 4 is 5.97 Å². The van der Waals surface area contributed by atoms with E-state index in [4.69, 9.17) is 5.73 Å². The van der Waals surface area contributed by atoms with E-state index in [1.165, 1.54) is 7.11 Å². The summed E-state index contributed by atoms with van der Waals surface area (Å²) in [6, 6.07) is 8.92. The lowest BCUT2D eigenvalue weighted by Crippen LogP contribution is -2.30. The van der Waals surface area contributed by atoms with Crippen molar-refractivity contribution in [2.75, 3.05) is 13.7 Å². The Labute approximate surface area is 88.7 Å². The van der Waals surface area contributed by atoms with Crippen molar-refractivity contribution in [3.63, 3.8) is 0 Å². The fourth-order valence-electron chi connectivity index (χ4n) is 1.39. The van der Waals surface area contributed by atoms with E-state index in [2.05, 4.69) is 4.74 Å². The van der Waals surface area contributed by atoms with Crippen molar-refractivity contribution in [1.82, 2.24) is 0 Å².